The van der Waals surface area contributed by atoms with E-state index in [-0.39, 0.29) is 30.3 Å². The molecule has 0 aliphatic carbocycles. The van der Waals surface area contributed by atoms with E-state index in [0.717, 1.165) is 0 Å². The van der Waals surface area contributed by atoms with E-state index in [9.17, 15) is 24.0 Å². The SMILES string of the molecule is CC(C)C(CC(=O)C(=O)Oc1ccccc1)C(=O)CC1CCNC(=O)C1=O. The third-order valence-corrected chi connectivity index (χ3v) is 4.63. The van der Waals surface area contributed by atoms with Crippen molar-refractivity contribution in [2.75, 3.05) is 6.54 Å². The van der Waals surface area contributed by atoms with Crippen LogP contribution >= 0.6 is 0 Å². The highest BCUT2D eigenvalue weighted by molar-refractivity contribution is 6.38. The number of nitrogens with one attached hydrogen (secondary N) is 1. The Balaban J connectivity index is 1.98. The van der Waals surface area contributed by atoms with Crippen LogP contribution < -0.4 is 10.1 Å². The first kappa shape index (κ1) is 20.5. The van der Waals surface area contributed by atoms with Gasteiger partial charge in [-0.3, -0.25) is 19.2 Å². The van der Waals surface area contributed by atoms with Crippen LogP contribution in [-0.4, -0.2) is 35.8 Å². The van der Waals surface area contributed by atoms with Crippen LogP contribution in [0, 0.1) is 17.8 Å². The second-order valence-corrected chi connectivity index (χ2v) is 6.96. The molecule has 27 heavy (non-hydrogen) atoms. The lowest BCUT2D eigenvalue weighted by Gasteiger charge is -2.24. The van der Waals surface area contributed by atoms with Gasteiger partial charge in [0.05, 0.1) is 0 Å². The zero-order chi connectivity index (χ0) is 20.0. The Morgan fingerprint density at radius 3 is 2.44 bits per heavy atom. The highest BCUT2D eigenvalue weighted by Crippen LogP contribution is 2.24. The first-order chi connectivity index (χ1) is 12.8. The minimum Gasteiger partial charge on any atom is -0.421 e. The van der Waals surface area contributed by atoms with E-state index < -0.39 is 35.3 Å². The molecule has 144 valence electrons. The zero-order valence-electron chi connectivity index (χ0n) is 15.4. The Hall–Kier alpha value is -2.83. The van der Waals surface area contributed by atoms with Crippen LogP contribution in [0.1, 0.15) is 33.1 Å². The summed E-state index contributed by atoms with van der Waals surface area (Å²) in [5, 5.41) is 2.44. The number of esters is 1. The van der Waals surface area contributed by atoms with Crippen LogP contribution in [0.5, 0.6) is 5.75 Å². The summed E-state index contributed by atoms with van der Waals surface area (Å²) in [6.45, 7) is 3.89. The average Bonchev–Trinajstić information content (AvgIpc) is 2.63. The van der Waals surface area contributed by atoms with Gasteiger partial charge < -0.3 is 10.1 Å². The number of amides is 1. The maximum atomic E-state index is 12.6. The number of hydrogen-bond donors (Lipinski definition) is 1. The van der Waals surface area contributed by atoms with Crippen LogP contribution in [0.25, 0.3) is 0 Å². The van der Waals surface area contributed by atoms with E-state index in [0.29, 0.717) is 13.0 Å². The van der Waals surface area contributed by atoms with Crippen LogP contribution in [0.3, 0.4) is 0 Å². The van der Waals surface area contributed by atoms with Gasteiger partial charge in [-0.25, -0.2) is 4.79 Å². The molecule has 0 bridgehead atoms. The Bertz CT molecular complexity index is 740. The third-order valence-electron chi connectivity index (χ3n) is 4.63. The molecule has 1 aromatic carbocycles. The Morgan fingerprint density at radius 1 is 1.15 bits per heavy atom. The fourth-order valence-corrected chi connectivity index (χ4v) is 3.01. The molecular weight excluding hydrogens is 350 g/mol. The second kappa shape index (κ2) is 9.21. The second-order valence-electron chi connectivity index (χ2n) is 6.96. The molecule has 1 aliphatic rings. The highest BCUT2D eigenvalue weighted by atomic mass is 16.5. The molecule has 1 N–H and O–H groups in total. The fraction of sp³-hybridized carbons (Fsp3) is 0.450. The van der Waals surface area contributed by atoms with Crippen molar-refractivity contribution in [1.29, 1.82) is 0 Å². The molecule has 2 unspecified atom stereocenters. The van der Waals surface area contributed by atoms with E-state index in [1.165, 1.54) is 0 Å². The molecule has 7 heteroatoms. The van der Waals surface area contributed by atoms with Gasteiger partial charge in [-0.05, 0) is 24.5 Å². The molecule has 1 amide bonds. The lowest BCUT2D eigenvalue weighted by atomic mass is 9.81. The molecule has 1 aliphatic heterocycles. The van der Waals surface area contributed by atoms with Gasteiger partial charge in [0.1, 0.15) is 11.5 Å². The van der Waals surface area contributed by atoms with Crippen LogP contribution in [0.2, 0.25) is 0 Å². The van der Waals surface area contributed by atoms with Gasteiger partial charge in [-0.2, -0.15) is 0 Å². The lowest BCUT2D eigenvalue weighted by Crippen LogP contribution is -2.44. The quantitative estimate of drug-likeness (QED) is 0.420. The summed E-state index contributed by atoms with van der Waals surface area (Å²) in [5.74, 6) is -4.71. The Labute approximate surface area is 157 Å². The van der Waals surface area contributed by atoms with Crippen molar-refractivity contribution in [2.45, 2.75) is 33.1 Å². The van der Waals surface area contributed by atoms with Crippen LogP contribution in [0.15, 0.2) is 30.3 Å². The summed E-state index contributed by atoms with van der Waals surface area (Å²) in [4.78, 5) is 60.2. The predicted molar refractivity (Wildman–Crippen MR) is 95.8 cm³/mol. The smallest absolute Gasteiger partial charge is 0.380 e. The van der Waals surface area contributed by atoms with Crippen molar-refractivity contribution in [3.8, 4) is 5.75 Å². The summed E-state index contributed by atoms with van der Waals surface area (Å²) in [5.41, 5.74) is 0. The van der Waals surface area contributed by atoms with Crippen LogP contribution in [-0.2, 0) is 24.0 Å². The van der Waals surface area contributed by atoms with Crippen molar-refractivity contribution in [2.24, 2.45) is 17.8 Å². The van der Waals surface area contributed by atoms with Crippen molar-refractivity contribution < 1.29 is 28.7 Å². The van der Waals surface area contributed by atoms with Gasteiger partial charge in [0, 0.05) is 31.2 Å². The summed E-state index contributed by atoms with van der Waals surface area (Å²) < 4.78 is 5.01. The molecule has 0 radical (unpaired) electrons. The highest BCUT2D eigenvalue weighted by Gasteiger charge is 2.35. The number of ether oxygens (including phenoxy) is 1. The molecule has 0 aromatic heterocycles. The average molecular weight is 373 g/mol. The van der Waals surface area contributed by atoms with E-state index in [2.05, 4.69) is 5.32 Å². The zero-order valence-corrected chi connectivity index (χ0v) is 15.4. The van der Waals surface area contributed by atoms with Gasteiger partial charge in [0.15, 0.2) is 0 Å². The molecule has 1 fully saturated rings. The van der Waals surface area contributed by atoms with Gasteiger partial charge in [0.2, 0.25) is 11.6 Å². The topological polar surface area (TPSA) is 107 Å². The molecule has 1 heterocycles. The molecule has 2 atom stereocenters. The van der Waals surface area contributed by atoms with E-state index >= 15 is 0 Å². The van der Waals surface area contributed by atoms with Crippen LogP contribution in [0.4, 0.5) is 0 Å². The number of piperidine rings is 1. The molecule has 1 aromatic rings. The summed E-state index contributed by atoms with van der Waals surface area (Å²) in [7, 11) is 0. The monoisotopic (exact) mass is 373 g/mol. The number of hydrogen-bond acceptors (Lipinski definition) is 6. The number of ketones is 3. The number of rotatable bonds is 8. The number of para-hydroxylation sites is 1. The van der Waals surface area contributed by atoms with E-state index in [1.807, 2.05) is 0 Å². The lowest BCUT2D eigenvalue weighted by molar-refractivity contribution is -0.148. The summed E-state index contributed by atoms with van der Waals surface area (Å²) in [6.07, 6.45) is 0.0104. The maximum Gasteiger partial charge on any atom is 0.380 e. The normalized spacial score (nSPS) is 18.0. The molecule has 0 spiro atoms. The predicted octanol–water partition coefficient (Wildman–Crippen LogP) is 1.49. The summed E-state index contributed by atoms with van der Waals surface area (Å²) in [6, 6.07) is 8.20. The van der Waals surface area contributed by atoms with Crippen molar-refractivity contribution in [3.63, 3.8) is 0 Å². The fourth-order valence-electron chi connectivity index (χ4n) is 3.01. The number of carbonyl (C=O) groups is 5. The molecule has 1 saturated heterocycles. The van der Waals surface area contributed by atoms with Gasteiger partial charge in [-0.1, -0.05) is 32.0 Å². The number of benzene rings is 1. The summed E-state index contributed by atoms with van der Waals surface area (Å²) >= 11 is 0. The standard InChI is InChI=1S/C20H23NO6/c1-12(2)15(16(22)10-13-8-9-21-19(25)18(13)24)11-17(23)20(26)27-14-6-4-3-5-7-14/h3-7,12-13,15H,8-11H2,1-2H3,(H,21,25). The Morgan fingerprint density at radius 2 is 1.81 bits per heavy atom. The van der Waals surface area contributed by atoms with E-state index in [4.69, 9.17) is 4.74 Å². The largest absolute Gasteiger partial charge is 0.421 e. The maximum absolute atomic E-state index is 12.6. The van der Waals surface area contributed by atoms with Gasteiger partial charge in [0.25, 0.3) is 5.91 Å². The van der Waals surface area contributed by atoms with Gasteiger partial charge >= 0.3 is 5.97 Å². The molecule has 0 saturated carbocycles. The van der Waals surface area contributed by atoms with Crippen molar-refractivity contribution in [1.82, 2.24) is 5.32 Å². The van der Waals surface area contributed by atoms with Crippen molar-refractivity contribution in [3.05, 3.63) is 30.3 Å². The molecule has 2 rings (SSSR count). The van der Waals surface area contributed by atoms with E-state index in [1.54, 1.807) is 44.2 Å². The minimum atomic E-state index is -1.02. The van der Waals surface area contributed by atoms with Crippen molar-refractivity contribution >= 4 is 29.2 Å². The first-order valence-corrected chi connectivity index (χ1v) is 8.94. The minimum absolute atomic E-state index is 0.101. The van der Waals surface area contributed by atoms with Gasteiger partial charge in [-0.15, -0.1) is 0 Å². The first-order valence-electron chi connectivity index (χ1n) is 8.94. The number of carbonyl (C=O) groups excluding carboxylic acids is 5. The molecular formula is C20H23NO6. The molecule has 7 nitrogen and oxygen atoms in total. The number of Topliss-reactive ketones (excluding diaryl/α,β-unsaturated/α-hetero) is 3. The Kier molecular flexibility index (Phi) is 6.98. The third kappa shape index (κ3) is 5.57.